The molecular formula is C13H21N5O3. The molecule has 1 aromatic heterocycles. The molecule has 116 valence electrons. The zero-order valence-corrected chi connectivity index (χ0v) is 12.6. The summed E-state index contributed by atoms with van der Waals surface area (Å²) in [7, 11) is 0. The molecule has 2 unspecified atom stereocenters. The molecule has 1 aromatic rings. The summed E-state index contributed by atoms with van der Waals surface area (Å²) in [5.41, 5.74) is -0.0975. The van der Waals surface area contributed by atoms with Crippen molar-refractivity contribution >= 4 is 11.6 Å². The molecule has 1 saturated heterocycles. The van der Waals surface area contributed by atoms with Crippen molar-refractivity contribution in [3.05, 3.63) is 22.5 Å². The van der Waals surface area contributed by atoms with Crippen molar-refractivity contribution in [2.75, 3.05) is 19.6 Å². The fourth-order valence-corrected chi connectivity index (χ4v) is 2.94. The number of carbonyl (C=O) groups is 1. The number of nitrogens with zero attached hydrogens (tertiary/aromatic N) is 5. The molecule has 1 fully saturated rings. The summed E-state index contributed by atoms with van der Waals surface area (Å²) in [6.45, 7) is 8.89. The molecule has 1 amide bonds. The van der Waals surface area contributed by atoms with Crippen LogP contribution in [0.4, 0.5) is 5.69 Å². The van der Waals surface area contributed by atoms with Gasteiger partial charge < -0.3 is 4.90 Å². The molecule has 2 atom stereocenters. The minimum atomic E-state index is -0.515. The van der Waals surface area contributed by atoms with E-state index in [1.54, 1.807) is 0 Å². The van der Waals surface area contributed by atoms with Crippen LogP contribution >= 0.6 is 0 Å². The molecule has 0 aromatic carbocycles. The smallest absolute Gasteiger partial charge is 0.307 e. The number of carbonyl (C=O) groups excluding carboxylic acids is 1. The van der Waals surface area contributed by atoms with Gasteiger partial charge in [-0.25, -0.2) is 0 Å². The van der Waals surface area contributed by atoms with Gasteiger partial charge in [-0.05, 0) is 20.4 Å². The molecule has 0 radical (unpaired) electrons. The van der Waals surface area contributed by atoms with Crippen molar-refractivity contribution in [3.63, 3.8) is 0 Å². The zero-order valence-electron chi connectivity index (χ0n) is 12.6. The predicted octanol–water partition coefficient (Wildman–Crippen LogP) is 0.732. The Bertz CT molecular complexity index is 518. The van der Waals surface area contributed by atoms with E-state index in [-0.39, 0.29) is 30.2 Å². The summed E-state index contributed by atoms with van der Waals surface area (Å²) in [5.74, 6) is -0.0521. The summed E-state index contributed by atoms with van der Waals surface area (Å²) < 4.78 is 1.33. The first kappa shape index (κ1) is 15.4. The highest BCUT2D eigenvalue weighted by molar-refractivity contribution is 5.76. The Morgan fingerprint density at radius 2 is 2.05 bits per heavy atom. The van der Waals surface area contributed by atoms with Crippen molar-refractivity contribution in [1.29, 1.82) is 0 Å². The van der Waals surface area contributed by atoms with Crippen LogP contribution in [-0.2, 0) is 11.3 Å². The van der Waals surface area contributed by atoms with Crippen molar-refractivity contribution in [2.45, 2.75) is 39.4 Å². The van der Waals surface area contributed by atoms with Gasteiger partial charge in [0.15, 0.2) is 0 Å². The average Bonchev–Trinajstić information content (AvgIpc) is 2.86. The molecular weight excluding hydrogens is 274 g/mol. The van der Waals surface area contributed by atoms with Gasteiger partial charge in [-0.1, -0.05) is 6.92 Å². The second-order valence-electron chi connectivity index (χ2n) is 5.50. The molecule has 8 nitrogen and oxygen atoms in total. The topological polar surface area (TPSA) is 84.5 Å². The maximum Gasteiger partial charge on any atom is 0.307 e. The molecule has 1 aliphatic rings. The third-order valence-electron chi connectivity index (χ3n) is 3.86. The Morgan fingerprint density at radius 3 is 2.52 bits per heavy atom. The molecule has 0 aliphatic carbocycles. The van der Waals surface area contributed by atoms with E-state index in [0.717, 1.165) is 25.8 Å². The summed E-state index contributed by atoms with van der Waals surface area (Å²) in [6, 6.07) is 0.262. The first-order valence-corrected chi connectivity index (χ1v) is 7.12. The monoisotopic (exact) mass is 295 g/mol. The van der Waals surface area contributed by atoms with E-state index < -0.39 is 4.92 Å². The van der Waals surface area contributed by atoms with Crippen LogP contribution in [0.1, 0.15) is 20.8 Å². The molecule has 0 N–H and O–H groups in total. The van der Waals surface area contributed by atoms with Gasteiger partial charge in [0.25, 0.3) is 0 Å². The highest BCUT2D eigenvalue weighted by Gasteiger charge is 2.32. The Hall–Kier alpha value is -1.96. The van der Waals surface area contributed by atoms with Crippen LogP contribution in [0.15, 0.2) is 12.4 Å². The normalized spacial score (nSPS) is 23.3. The van der Waals surface area contributed by atoms with E-state index in [9.17, 15) is 14.9 Å². The van der Waals surface area contributed by atoms with E-state index in [1.807, 2.05) is 18.7 Å². The lowest BCUT2D eigenvalue weighted by Crippen LogP contribution is -2.59. The number of piperazine rings is 1. The maximum absolute atomic E-state index is 12.4. The Labute approximate surface area is 123 Å². The van der Waals surface area contributed by atoms with Gasteiger partial charge in [0.1, 0.15) is 18.9 Å². The van der Waals surface area contributed by atoms with Crippen LogP contribution < -0.4 is 0 Å². The quantitative estimate of drug-likeness (QED) is 0.604. The molecule has 2 heterocycles. The van der Waals surface area contributed by atoms with Gasteiger partial charge in [0.05, 0.1) is 4.92 Å². The molecule has 8 heteroatoms. The highest BCUT2D eigenvalue weighted by Crippen LogP contribution is 2.17. The zero-order chi connectivity index (χ0) is 15.6. The van der Waals surface area contributed by atoms with Crippen LogP contribution in [-0.4, -0.2) is 62.1 Å². The first-order chi connectivity index (χ1) is 9.92. The largest absolute Gasteiger partial charge is 0.333 e. The van der Waals surface area contributed by atoms with E-state index in [2.05, 4.69) is 16.9 Å². The second-order valence-corrected chi connectivity index (χ2v) is 5.50. The van der Waals surface area contributed by atoms with Crippen LogP contribution in [0.3, 0.4) is 0 Å². The van der Waals surface area contributed by atoms with Crippen molar-refractivity contribution in [1.82, 2.24) is 19.6 Å². The lowest BCUT2D eigenvalue weighted by molar-refractivity contribution is -0.385. The number of hydrogen-bond acceptors (Lipinski definition) is 5. The van der Waals surface area contributed by atoms with Gasteiger partial charge in [0.2, 0.25) is 5.91 Å². The number of amides is 1. The molecule has 0 spiro atoms. The van der Waals surface area contributed by atoms with E-state index in [1.165, 1.54) is 10.9 Å². The van der Waals surface area contributed by atoms with Gasteiger partial charge in [-0.2, -0.15) is 5.10 Å². The number of rotatable bonds is 4. The Balaban J connectivity index is 2.03. The number of hydrogen-bond donors (Lipinski definition) is 0. The highest BCUT2D eigenvalue weighted by atomic mass is 16.6. The van der Waals surface area contributed by atoms with E-state index >= 15 is 0 Å². The molecule has 21 heavy (non-hydrogen) atoms. The van der Waals surface area contributed by atoms with Gasteiger partial charge >= 0.3 is 5.69 Å². The van der Waals surface area contributed by atoms with Crippen LogP contribution in [0.5, 0.6) is 0 Å². The second kappa shape index (κ2) is 6.21. The fraction of sp³-hybridized carbons (Fsp3) is 0.692. The fourth-order valence-electron chi connectivity index (χ4n) is 2.94. The van der Waals surface area contributed by atoms with Crippen molar-refractivity contribution in [3.8, 4) is 0 Å². The molecule has 0 saturated carbocycles. The minimum absolute atomic E-state index is 0.0364. The number of likely N-dealkylation sites (N-methyl/N-ethyl adjacent to an activating group) is 1. The Morgan fingerprint density at radius 1 is 1.43 bits per heavy atom. The van der Waals surface area contributed by atoms with Gasteiger partial charge in [-0.15, -0.1) is 0 Å². The minimum Gasteiger partial charge on any atom is -0.333 e. The van der Waals surface area contributed by atoms with E-state index in [0.29, 0.717) is 0 Å². The third kappa shape index (κ3) is 3.38. The van der Waals surface area contributed by atoms with Crippen LogP contribution in [0.2, 0.25) is 0 Å². The molecule has 0 bridgehead atoms. The molecule has 2 rings (SSSR count). The Kier molecular flexibility index (Phi) is 4.56. The standard InChI is InChI=1S/C13H21N5O3/c1-4-15-6-10(2)17(11(3)7-15)13(19)9-16-8-12(5-14-16)18(20)21/h5,8,10-11H,4,6-7,9H2,1-3H3. The summed E-state index contributed by atoms with van der Waals surface area (Å²) >= 11 is 0. The predicted molar refractivity (Wildman–Crippen MR) is 76.8 cm³/mol. The SMILES string of the molecule is CCN1CC(C)N(C(=O)Cn2cc([N+](=O)[O-])cn2)C(C)C1. The first-order valence-electron chi connectivity index (χ1n) is 7.12. The molecule has 1 aliphatic heterocycles. The van der Waals surface area contributed by atoms with Crippen LogP contribution in [0, 0.1) is 10.1 Å². The average molecular weight is 295 g/mol. The van der Waals surface area contributed by atoms with Crippen molar-refractivity contribution < 1.29 is 9.72 Å². The lowest BCUT2D eigenvalue weighted by atomic mass is 10.1. The lowest BCUT2D eigenvalue weighted by Gasteiger charge is -2.44. The van der Waals surface area contributed by atoms with Crippen molar-refractivity contribution in [2.24, 2.45) is 0 Å². The third-order valence-corrected chi connectivity index (χ3v) is 3.86. The maximum atomic E-state index is 12.4. The van der Waals surface area contributed by atoms with Gasteiger partial charge in [0, 0.05) is 25.2 Å². The summed E-state index contributed by atoms with van der Waals surface area (Å²) in [5, 5.41) is 14.5. The summed E-state index contributed by atoms with van der Waals surface area (Å²) in [6.07, 6.45) is 2.45. The van der Waals surface area contributed by atoms with Crippen LogP contribution in [0.25, 0.3) is 0 Å². The van der Waals surface area contributed by atoms with E-state index in [4.69, 9.17) is 0 Å². The number of nitro groups is 1. The number of aromatic nitrogens is 2. The summed E-state index contributed by atoms with van der Waals surface area (Å²) in [4.78, 5) is 26.7. The van der Waals surface area contributed by atoms with Gasteiger partial charge in [-0.3, -0.25) is 24.5 Å².